The van der Waals surface area contributed by atoms with Crippen molar-refractivity contribution in [2.24, 2.45) is 23.2 Å². The molecule has 27 heavy (non-hydrogen) atoms. The first kappa shape index (κ1) is 27.8. The van der Waals surface area contributed by atoms with Crippen LogP contribution >= 0.6 is 13.5 Å². The quantitative estimate of drug-likeness (QED) is 0.630. The maximum atomic E-state index is 11.6. The summed E-state index contributed by atoms with van der Waals surface area (Å²) in [7, 11) is 0. The number of rotatable bonds is 6. The van der Waals surface area contributed by atoms with Crippen molar-refractivity contribution in [2.45, 2.75) is 66.7 Å². The Morgan fingerprint density at radius 1 is 1.04 bits per heavy atom. The van der Waals surface area contributed by atoms with Crippen LogP contribution in [0.3, 0.4) is 0 Å². The van der Waals surface area contributed by atoms with Crippen LogP contribution in [-0.4, -0.2) is 37.7 Å². The predicted octanol–water partition coefficient (Wildman–Crippen LogP) is 3.47. The Morgan fingerprint density at radius 2 is 1.63 bits per heavy atom. The molecule has 0 aromatic rings. The summed E-state index contributed by atoms with van der Waals surface area (Å²) in [5.74, 6) is 1.10. The van der Waals surface area contributed by atoms with Gasteiger partial charge in [-0.3, -0.25) is 19.2 Å². The lowest BCUT2D eigenvalue weighted by Crippen LogP contribution is -2.41. The fourth-order valence-corrected chi connectivity index (χ4v) is 3.58. The number of ketones is 2. The van der Waals surface area contributed by atoms with E-state index in [9.17, 15) is 19.2 Å². The van der Waals surface area contributed by atoms with Crippen LogP contribution in [0, 0.1) is 23.2 Å². The van der Waals surface area contributed by atoms with E-state index in [1.54, 1.807) is 0 Å². The molecule has 0 radical (unpaired) electrons. The van der Waals surface area contributed by atoms with Gasteiger partial charge in [0.05, 0.1) is 11.3 Å². The van der Waals surface area contributed by atoms with Crippen LogP contribution in [0.5, 0.6) is 0 Å². The molecule has 0 bridgehead atoms. The van der Waals surface area contributed by atoms with Crippen molar-refractivity contribution >= 4 is 38.0 Å². The van der Waals surface area contributed by atoms with Crippen LogP contribution in [-0.2, 0) is 28.7 Å². The van der Waals surface area contributed by atoms with Gasteiger partial charge >= 0.3 is 0 Å². The van der Waals surface area contributed by atoms with Crippen LogP contribution in [0.2, 0.25) is 0 Å². The van der Waals surface area contributed by atoms with E-state index in [4.69, 9.17) is 4.74 Å². The average Bonchev–Trinajstić information content (AvgIpc) is 2.58. The smallest absolute Gasteiger partial charge is 0.293 e. The highest BCUT2D eigenvalue weighted by Crippen LogP contribution is 2.38. The van der Waals surface area contributed by atoms with Gasteiger partial charge in [-0.1, -0.05) is 21.3 Å². The Kier molecular flexibility index (Phi) is 14.2. The van der Waals surface area contributed by atoms with Crippen molar-refractivity contribution in [1.29, 1.82) is 0 Å². The van der Waals surface area contributed by atoms with Gasteiger partial charge in [0.2, 0.25) is 0 Å². The molecule has 0 aromatic heterocycles. The number of carbonyl (C=O) groups excluding carboxylic acids is 4. The fourth-order valence-electron chi connectivity index (χ4n) is 3.58. The molecule has 0 N–H and O–H groups in total. The number of hydrogen-bond acceptors (Lipinski definition) is 6. The third-order valence-corrected chi connectivity index (χ3v) is 5.74. The highest BCUT2D eigenvalue weighted by atomic mass is 32.1. The van der Waals surface area contributed by atoms with Crippen molar-refractivity contribution in [3.63, 3.8) is 0 Å². The summed E-state index contributed by atoms with van der Waals surface area (Å²) >= 11 is 0. The highest BCUT2D eigenvalue weighted by molar-refractivity contribution is 7.59. The van der Waals surface area contributed by atoms with Gasteiger partial charge in [0.15, 0.2) is 0 Å². The van der Waals surface area contributed by atoms with Gasteiger partial charge in [-0.15, -0.1) is 0 Å². The standard InChI is InChI=1S/C10H16O3.C9H14O3.CH4.H2S/c1-8-4-3-5-9(12)10(8,2)6-13-7-11;1-7-3-2-4-9(11)8(7)5-12-6-10;;/h7-8H,3-6H2,1-2H3;6-8H,2-5H2,1H3;1H4;1H2/t8-,10-;7-,8+;;/m11../s1. The minimum absolute atomic E-state index is 0. The molecule has 0 amide bonds. The minimum atomic E-state index is -0.445. The average molecular weight is 405 g/mol. The number of ether oxygens (including phenoxy) is 2. The van der Waals surface area contributed by atoms with Crippen molar-refractivity contribution < 1.29 is 28.7 Å². The molecule has 0 heterocycles. The third-order valence-electron chi connectivity index (χ3n) is 5.74. The lowest BCUT2D eigenvalue weighted by Gasteiger charge is -2.36. The van der Waals surface area contributed by atoms with E-state index in [1.807, 2.05) is 20.8 Å². The Morgan fingerprint density at radius 3 is 2.15 bits per heavy atom. The van der Waals surface area contributed by atoms with E-state index in [1.165, 1.54) is 0 Å². The fraction of sp³-hybridized carbons (Fsp3) is 0.800. The molecule has 0 aliphatic heterocycles. The van der Waals surface area contributed by atoms with Crippen molar-refractivity contribution in [3.05, 3.63) is 0 Å². The molecule has 2 fully saturated rings. The molecule has 2 saturated carbocycles. The lowest BCUT2D eigenvalue weighted by molar-refractivity contribution is -0.144. The zero-order chi connectivity index (χ0) is 18.9. The SMILES string of the molecule is C.C[C@@H]1CCCC(=O)[C@H]1COC=O.C[C@@H]1CCCC(=O)[C@]1(C)COC=O.S. The molecule has 2 aliphatic rings. The monoisotopic (exact) mass is 404 g/mol. The van der Waals surface area contributed by atoms with E-state index in [0.717, 1.165) is 25.7 Å². The zero-order valence-electron chi connectivity index (χ0n) is 16.0. The third kappa shape index (κ3) is 8.03. The van der Waals surface area contributed by atoms with Gasteiger partial charge in [-0.05, 0) is 44.4 Å². The topological polar surface area (TPSA) is 86.7 Å². The summed E-state index contributed by atoms with van der Waals surface area (Å²) in [6, 6.07) is 0. The van der Waals surface area contributed by atoms with E-state index in [0.29, 0.717) is 37.6 Å². The van der Waals surface area contributed by atoms with E-state index >= 15 is 0 Å². The summed E-state index contributed by atoms with van der Waals surface area (Å²) < 4.78 is 9.33. The molecular weight excluding hydrogens is 368 g/mol. The molecule has 0 saturated heterocycles. The van der Waals surface area contributed by atoms with Crippen LogP contribution in [0.25, 0.3) is 0 Å². The summed E-state index contributed by atoms with van der Waals surface area (Å²) in [6.45, 7) is 7.30. The number of carbonyl (C=O) groups is 4. The van der Waals surface area contributed by atoms with Gasteiger partial charge in [0.1, 0.15) is 24.8 Å². The maximum absolute atomic E-state index is 11.6. The Labute approximate surface area is 170 Å². The van der Waals surface area contributed by atoms with Gasteiger partial charge in [0, 0.05) is 12.8 Å². The summed E-state index contributed by atoms with van der Waals surface area (Å²) in [5.41, 5.74) is -0.445. The van der Waals surface area contributed by atoms with Crippen molar-refractivity contribution in [1.82, 2.24) is 0 Å². The van der Waals surface area contributed by atoms with Gasteiger partial charge < -0.3 is 9.47 Å². The second kappa shape index (κ2) is 13.7. The molecular formula is C20H36O6S. The van der Waals surface area contributed by atoms with Crippen LogP contribution < -0.4 is 0 Å². The first-order chi connectivity index (χ1) is 11.9. The van der Waals surface area contributed by atoms with Gasteiger partial charge in [-0.2, -0.15) is 13.5 Å². The molecule has 6 nitrogen and oxygen atoms in total. The molecule has 2 rings (SSSR count). The van der Waals surface area contributed by atoms with E-state index in [-0.39, 0.29) is 51.6 Å². The van der Waals surface area contributed by atoms with Crippen molar-refractivity contribution in [2.75, 3.05) is 13.2 Å². The molecule has 158 valence electrons. The largest absolute Gasteiger partial charge is 0.467 e. The lowest BCUT2D eigenvalue weighted by atomic mass is 9.68. The molecule has 7 heteroatoms. The van der Waals surface area contributed by atoms with Crippen LogP contribution in [0.15, 0.2) is 0 Å². The second-order valence-electron chi connectivity index (χ2n) is 7.41. The number of hydrogen-bond donors (Lipinski definition) is 0. The number of Topliss-reactive ketones (excluding diaryl/α,β-unsaturated/α-hetero) is 2. The van der Waals surface area contributed by atoms with Gasteiger partial charge in [-0.25, -0.2) is 0 Å². The molecule has 0 spiro atoms. The van der Waals surface area contributed by atoms with E-state index in [2.05, 4.69) is 4.74 Å². The predicted molar refractivity (Wildman–Crippen MR) is 109 cm³/mol. The second-order valence-corrected chi connectivity index (χ2v) is 7.41. The minimum Gasteiger partial charge on any atom is -0.467 e. The summed E-state index contributed by atoms with van der Waals surface area (Å²) in [4.78, 5) is 42.9. The summed E-state index contributed by atoms with van der Waals surface area (Å²) in [5, 5.41) is 0. The Balaban J connectivity index is 0. The Hall–Kier alpha value is -1.37. The van der Waals surface area contributed by atoms with Crippen LogP contribution in [0.1, 0.15) is 66.7 Å². The maximum Gasteiger partial charge on any atom is 0.293 e. The first-order valence-electron chi connectivity index (χ1n) is 9.03. The van der Waals surface area contributed by atoms with Crippen LogP contribution in [0.4, 0.5) is 0 Å². The molecule has 0 unspecified atom stereocenters. The molecule has 4 atom stereocenters. The van der Waals surface area contributed by atoms with Crippen molar-refractivity contribution in [3.8, 4) is 0 Å². The van der Waals surface area contributed by atoms with E-state index < -0.39 is 5.41 Å². The first-order valence-corrected chi connectivity index (χ1v) is 9.03. The Bertz CT molecular complexity index is 481. The van der Waals surface area contributed by atoms with Gasteiger partial charge in [0.25, 0.3) is 12.9 Å². The highest BCUT2D eigenvalue weighted by Gasteiger charge is 2.41. The normalized spacial score (nSPS) is 29.8. The molecule has 2 aliphatic carbocycles. The molecule has 0 aromatic carbocycles. The summed E-state index contributed by atoms with van der Waals surface area (Å²) in [6.07, 6.45) is 5.34. The zero-order valence-corrected chi connectivity index (χ0v) is 17.0.